The average Bonchev–Trinajstić information content (AvgIpc) is 2.58. The lowest BCUT2D eigenvalue weighted by molar-refractivity contribution is 0.174. The molecule has 4 heteroatoms. The number of carbonyl (C=O) groups is 1. The maximum Gasteiger partial charge on any atom is 0.407 e. The van der Waals surface area contributed by atoms with Gasteiger partial charge >= 0.3 is 6.09 Å². The fourth-order valence-electron chi connectivity index (χ4n) is 1.49. The third-order valence-corrected chi connectivity index (χ3v) is 2.38. The lowest BCUT2D eigenvalue weighted by Crippen LogP contribution is -2.46. The van der Waals surface area contributed by atoms with Crippen LogP contribution in [0.1, 0.15) is 6.92 Å². The molecule has 1 atom stereocenters. The summed E-state index contributed by atoms with van der Waals surface area (Å²) >= 11 is 0. The Bertz CT molecular complexity index is 353. The van der Waals surface area contributed by atoms with Gasteiger partial charge in [0.05, 0.1) is 5.54 Å². The Balaban J connectivity index is 1.91. The van der Waals surface area contributed by atoms with Crippen molar-refractivity contribution in [3.05, 3.63) is 30.3 Å². The number of para-hydroxylation sites is 1. The van der Waals surface area contributed by atoms with Crippen molar-refractivity contribution in [3.8, 4) is 0 Å². The Hall–Kier alpha value is -1.71. The van der Waals surface area contributed by atoms with Gasteiger partial charge in [0.15, 0.2) is 0 Å². The fraction of sp³-hybridized carbons (Fsp3) is 0.364. The van der Waals surface area contributed by atoms with Crippen LogP contribution in [0.2, 0.25) is 0 Å². The number of carbonyl (C=O) groups excluding carboxylic acids is 1. The van der Waals surface area contributed by atoms with Gasteiger partial charge in [-0.25, -0.2) is 4.79 Å². The van der Waals surface area contributed by atoms with Gasteiger partial charge in [-0.15, -0.1) is 0 Å². The van der Waals surface area contributed by atoms with Crippen LogP contribution in [0.15, 0.2) is 30.3 Å². The molecule has 0 spiro atoms. The molecule has 0 unspecified atom stereocenters. The van der Waals surface area contributed by atoms with Crippen molar-refractivity contribution in [2.45, 2.75) is 12.5 Å². The van der Waals surface area contributed by atoms with E-state index < -0.39 is 0 Å². The van der Waals surface area contributed by atoms with E-state index in [1.807, 2.05) is 37.3 Å². The number of ether oxygens (including phenoxy) is 1. The van der Waals surface area contributed by atoms with Crippen molar-refractivity contribution >= 4 is 11.8 Å². The Morgan fingerprint density at radius 1 is 1.47 bits per heavy atom. The number of anilines is 1. The van der Waals surface area contributed by atoms with Crippen molar-refractivity contribution in [1.29, 1.82) is 0 Å². The Labute approximate surface area is 88.6 Å². The van der Waals surface area contributed by atoms with Crippen LogP contribution in [0.25, 0.3) is 0 Å². The molecule has 15 heavy (non-hydrogen) atoms. The molecule has 0 aromatic heterocycles. The quantitative estimate of drug-likeness (QED) is 0.789. The molecule has 4 nitrogen and oxygen atoms in total. The van der Waals surface area contributed by atoms with Gasteiger partial charge in [0.2, 0.25) is 0 Å². The molecule has 0 aliphatic carbocycles. The molecule has 1 heterocycles. The fourth-order valence-corrected chi connectivity index (χ4v) is 1.49. The topological polar surface area (TPSA) is 50.4 Å². The van der Waals surface area contributed by atoms with E-state index in [0.29, 0.717) is 13.2 Å². The molecule has 1 aliphatic rings. The van der Waals surface area contributed by atoms with Crippen LogP contribution in [0.5, 0.6) is 0 Å². The van der Waals surface area contributed by atoms with E-state index in [-0.39, 0.29) is 11.6 Å². The Kier molecular flexibility index (Phi) is 2.49. The maximum atomic E-state index is 10.9. The summed E-state index contributed by atoms with van der Waals surface area (Å²) < 4.78 is 4.87. The van der Waals surface area contributed by atoms with Crippen LogP contribution >= 0.6 is 0 Å². The number of amides is 1. The number of nitrogens with one attached hydrogen (secondary N) is 2. The first-order valence-electron chi connectivity index (χ1n) is 4.92. The van der Waals surface area contributed by atoms with Crippen molar-refractivity contribution < 1.29 is 9.53 Å². The van der Waals surface area contributed by atoms with E-state index in [1.54, 1.807) is 0 Å². The zero-order valence-electron chi connectivity index (χ0n) is 8.62. The summed E-state index contributed by atoms with van der Waals surface area (Å²) in [7, 11) is 0. The third kappa shape index (κ3) is 2.40. The first-order valence-corrected chi connectivity index (χ1v) is 4.92. The molecule has 0 bridgehead atoms. The van der Waals surface area contributed by atoms with E-state index in [2.05, 4.69) is 10.6 Å². The van der Waals surface area contributed by atoms with E-state index in [1.165, 1.54) is 0 Å². The summed E-state index contributed by atoms with van der Waals surface area (Å²) in [6.07, 6.45) is -0.340. The molecule has 2 rings (SSSR count). The molecule has 1 amide bonds. The van der Waals surface area contributed by atoms with Gasteiger partial charge in [-0.3, -0.25) is 0 Å². The first kappa shape index (κ1) is 9.83. The summed E-state index contributed by atoms with van der Waals surface area (Å²) in [5.41, 5.74) is 0.729. The minimum atomic E-state index is -0.340. The number of alkyl carbamates (subject to hydrolysis) is 1. The summed E-state index contributed by atoms with van der Waals surface area (Å²) in [6, 6.07) is 9.87. The normalized spacial score (nSPS) is 24.5. The van der Waals surface area contributed by atoms with Gasteiger partial charge in [0, 0.05) is 12.2 Å². The average molecular weight is 206 g/mol. The Morgan fingerprint density at radius 3 is 2.80 bits per heavy atom. The summed E-state index contributed by atoms with van der Waals surface area (Å²) in [5, 5.41) is 6.03. The number of hydrogen-bond donors (Lipinski definition) is 2. The lowest BCUT2D eigenvalue weighted by Gasteiger charge is -2.21. The minimum absolute atomic E-state index is 0.313. The zero-order chi connectivity index (χ0) is 10.7. The second-order valence-corrected chi connectivity index (χ2v) is 3.98. The van der Waals surface area contributed by atoms with Crippen LogP contribution in [-0.2, 0) is 4.74 Å². The zero-order valence-corrected chi connectivity index (χ0v) is 8.62. The van der Waals surface area contributed by atoms with E-state index in [4.69, 9.17) is 4.74 Å². The van der Waals surface area contributed by atoms with Gasteiger partial charge in [0.1, 0.15) is 6.61 Å². The minimum Gasteiger partial charge on any atom is -0.447 e. The molecule has 0 radical (unpaired) electrons. The van der Waals surface area contributed by atoms with Crippen LogP contribution in [-0.4, -0.2) is 24.8 Å². The van der Waals surface area contributed by atoms with Gasteiger partial charge in [-0.1, -0.05) is 18.2 Å². The maximum absolute atomic E-state index is 10.9. The highest BCUT2D eigenvalue weighted by molar-refractivity contribution is 5.70. The SMILES string of the molecule is C[C@@]1(CNc2ccccc2)COC(=O)N1. The van der Waals surface area contributed by atoms with E-state index in [9.17, 15) is 4.79 Å². The van der Waals surface area contributed by atoms with Gasteiger partial charge < -0.3 is 15.4 Å². The highest BCUT2D eigenvalue weighted by atomic mass is 16.6. The molecule has 1 aliphatic heterocycles. The second-order valence-electron chi connectivity index (χ2n) is 3.98. The molecule has 1 fully saturated rings. The lowest BCUT2D eigenvalue weighted by atomic mass is 10.1. The third-order valence-electron chi connectivity index (χ3n) is 2.38. The molecular formula is C11H14N2O2. The van der Waals surface area contributed by atoms with E-state index >= 15 is 0 Å². The van der Waals surface area contributed by atoms with Crippen LogP contribution < -0.4 is 10.6 Å². The van der Waals surface area contributed by atoms with Crippen molar-refractivity contribution in [1.82, 2.24) is 5.32 Å². The standard InChI is InChI=1S/C11H14N2O2/c1-11(8-15-10(14)13-11)7-12-9-5-3-2-4-6-9/h2-6,12H,7-8H2,1H3,(H,13,14)/t11-/m1/s1. The van der Waals surface area contributed by atoms with Crippen molar-refractivity contribution in [3.63, 3.8) is 0 Å². The summed E-state index contributed by atoms with van der Waals surface area (Å²) in [6.45, 7) is 3.02. The van der Waals surface area contributed by atoms with Gasteiger partial charge in [-0.05, 0) is 19.1 Å². The predicted octanol–water partition coefficient (Wildman–Crippen LogP) is 1.60. The van der Waals surface area contributed by atoms with Crippen molar-refractivity contribution in [2.24, 2.45) is 0 Å². The molecule has 2 N–H and O–H groups in total. The summed E-state index contributed by atoms with van der Waals surface area (Å²) in [5.74, 6) is 0. The van der Waals surface area contributed by atoms with Crippen molar-refractivity contribution in [2.75, 3.05) is 18.5 Å². The molecule has 1 saturated heterocycles. The first-order chi connectivity index (χ1) is 7.18. The summed E-state index contributed by atoms with van der Waals surface area (Å²) in [4.78, 5) is 10.9. The van der Waals surface area contributed by atoms with Gasteiger partial charge in [0.25, 0.3) is 0 Å². The predicted molar refractivity (Wildman–Crippen MR) is 57.8 cm³/mol. The molecule has 1 aromatic carbocycles. The monoisotopic (exact) mass is 206 g/mol. The second kappa shape index (κ2) is 3.81. The highest BCUT2D eigenvalue weighted by Crippen LogP contribution is 2.14. The number of hydrogen-bond acceptors (Lipinski definition) is 3. The highest BCUT2D eigenvalue weighted by Gasteiger charge is 2.34. The van der Waals surface area contributed by atoms with Crippen LogP contribution in [0, 0.1) is 0 Å². The largest absolute Gasteiger partial charge is 0.447 e. The van der Waals surface area contributed by atoms with Crippen LogP contribution in [0.4, 0.5) is 10.5 Å². The van der Waals surface area contributed by atoms with E-state index in [0.717, 1.165) is 5.69 Å². The molecule has 1 aromatic rings. The number of rotatable bonds is 3. The van der Waals surface area contributed by atoms with Gasteiger partial charge in [-0.2, -0.15) is 0 Å². The number of cyclic esters (lactones) is 1. The molecule has 0 saturated carbocycles. The van der Waals surface area contributed by atoms with Crippen LogP contribution in [0.3, 0.4) is 0 Å². The number of benzene rings is 1. The molecule has 80 valence electrons. The Morgan fingerprint density at radius 2 is 2.20 bits per heavy atom. The molecular weight excluding hydrogens is 192 g/mol. The smallest absolute Gasteiger partial charge is 0.407 e.